The Hall–Kier alpha value is -0.0300. The Labute approximate surface area is 93.9 Å². The quantitative estimate of drug-likeness (QED) is 0.764. The highest BCUT2D eigenvalue weighted by molar-refractivity contribution is 9.11. The van der Waals surface area contributed by atoms with Crippen LogP contribution in [0.15, 0.2) is 26.9 Å². The van der Waals surface area contributed by atoms with Crippen LogP contribution in [0.5, 0.6) is 0 Å². The van der Waals surface area contributed by atoms with Gasteiger partial charge in [0, 0.05) is 15.0 Å². The minimum absolute atomic E-state index is 0.0439. The molecule has 0 saturated heterocycles. The van der Waals surface area contributed by atoms with E-state index in [-0.39, 0.29) is 6.61 Å². The maximum Gasteiger partial charge on any atom is 0.0711 e. The molecule has 13 heavy (non-hydrogen) atoms. The van der Waals surface area contributed by atoms with Gasteiger partial charge in [-0.15, -0.1) is 24.0 Å². The van der Waals surface area contributed by atoms with Gasteiger partial charge in [-0.1, -0.05) is 6.07 Å². The average molecular weight is 275 g/mol. The molecule has 0 aliphatic carbocycles. The fraction of sp³-hybridized carbons (Fsp3) is 0.111. The van der Waals surface area contributed by atoms with E-state index in [1.54, 1.807) is 11.3 Å². The molecule has 1 nitrogen and oxygen atoms in total. The third-order valence-electron chi connectivity index (χ3n) is 1.90. The van der Waals surface area contributed by atoms with Crippen LogP contribution in [0, 0.1) is 0 Å². The van der Waals surface area contributed by atoms with Crippen molar-refractivity contribution in [3.63, 3.8) is 0 Å². The first-order chi connectivity index (χ1) is 6.22. The number of halogens is 1. The molecule has 1 N–H and O–H groups in total. The molecule has 0 fully saturated rings. The fourth-order valence-corrected chi connectivity index (χ4v) is 3.19. The third-order valence-corrected chi connectivity index (χ3v) is 4.03. The van der Waals surface area contributed by atoms with Crippen LogP contribution < -0.4 is 0 Å². The molecule has 0 amide bonds. The first-order valence-electron chi connectivity index (χ1n) is 3.73. The molecule has 2 aromatic rings. The second-order valence-electron chi connectivity index (χ2n) is 2.69. The van der Waals surface area contributed by atoms with Crippen molar-refractivity contribution in [3.05, 3.63) is 27.5 Å². The molecule has 0 unspecified atom stereocenters. The summed E-state index contributed by atoms with van der Waals surface area (Å²) in [7, 11) is 0. The van der Waals surface area contributed by atoms with E-state index in [1.165, 1.54) is 4.70 Å². The minimum atomic E-state index is 0.0439. The highest BCUT2D eigenvalue weighted by atomic mass is 79.9. The lowest BCUT2D eigenvalue weighted by Crippen LogP contribution is -1.84. The summed E-state index contributed by atoms with van der Waals surface area (Å²) in [6, 6.07) is 5.95. The predicted molar refractivity (Wildman–Crippen MR) is 62.7 cm³/mol. The zero-order valence-corrected chi connectivity index (χ0v) is 9.92. The second-order valence-corrected chi connectivity index (χ2v) is 5.60. The number of benzene rings is 1. The number of aliphatic hydroxyl groups is 1. The molecule has 0 aliphatic rings. The van der Waals surface area contributed by atoms with Crippen LogP contribution in [0.3, 0.4) is 0 Å². The van der Waals surface area contributed by atoms with Crippen molar-refractivity contribution in [2.45, 2.75) is 11.5 Å². The van der Waals surface area contributed by atoms with Crippen LogP contribution in [0.4, 0.5) is 0 Å². The number of rotatable bonds is 1. The Morgan fingerprint density at radius 2 is 2.23 bits per heavy atom. The summed E-state index contributed by atoms with van der Waals surface area (Å²) in [5, 5.41) is 10.1. The summed E-state index contributed by atoms with van der Waals surface area (Å²) in [6.45, 7) is 0.0439. The third kappa shape index (κ3) is 1.64. The summed E-state index contributed by atoms with van der Waals surface area (Å²) < 4.78 is 2.28. The van der Waals surface area contributed by atoms with E-state index in [9.17, 15) is 0 Å². The lowest BCUT2D eigenvalue weighted by molar-refractivity contribution is 0.279. The van der Waals surface area contributed by atoms with Crippen LogP contribution in [0.25, 0.3) is 10.1 Å². The molecule has 0 atom stereocenters. The SMILES string of the molecule is OCc1ccc2sc(Br)cc2c1S. The Morgan fingerprint density at radius 3 is 2.92 bits per heavy atom. The van der Waals surface area contributed by atoms with Gasteiger partial charge in [0.1, 0.15) is 0 Å². The molecule has 1 aromatic heterocycles. The monoisotopic (exact) mass is 274 g/mol. The number of hydrogen-bond acceptors (Lipinski definition) is 3. The first kappa shape index (κ1) is 9.52. The van der Waals surface area contributed by atoms with E-state index in [4.69, 9.17) is 5.11 Å². The summed E-state index contributed by atoms with van der Waals surface area (Å²) >= 11 is 9.48. The summed E-state index contributed by atoms with van der Waals surface area (Å²) in [5.74, 6) is 0. The van der Waals surface area contributed by atoms with Crippen molar-refractivity contribution < 1.29 is 5.11 Å². The van der Waals surface area contributed by atoms with Crippen LogP contribution >= 0.6 is 39.9 Å². The van der Waals surface area contributed by atoms with Gasteiger partial charge in [-0.3, -0.25) is 0 Å². The highest BCUT2D eigenvalue weighted by Gasteiger charge is 2.06. The van der Waals surface area contributed by atoms with Gasteiger partial charge in [-0.05, 0) is 33.6 Å². The number of thiophene rings is 1. The average Bonchev–Trinajstić information content (AvgIpc) is 2.47. The fourth-order valence-electron chi connectivity index (χ4n) is 1.24. The van der Waals surface area contributed by atoms with Gasteiger partial charge in [0.25, 0.3) is 0 Å². The van der Waals surface area contributed by atoms with Gasteiger partial charge in [0.15, 0.2) is 0 Å². The normalized spacial score (nSPS) is 11.0. The van der Waals surface area contributed by atoms with Crippen molar-refractivity contribution in [1.29, 1.82) is 0 Å². The molecule has 0 saturated carbocycles. The van der Waals surface area contributed by atoms with Crippen LogP contribution in [-0.2, 0) is 6.61 Å². The van der Waals surface area contributed by atoms with E-state index >= 15 is 0 Å². The standard InChI is InChI=1S/C9H7BrOS2/c10-8-3-6-7(13-8)2-1-5(4-11)9(6)12/h1-3,11-12H,4H2. The van der Waals surface area contributed by atoms with Crippen molar-refractivity contribution in [1.82, 2.24) is 0 Å². The molecular formula is C9H7BrOS2. The van der Waals surface area contributed by atoms with Crippen LogP contribution in [0.1, 0.15) is 5.56 Å². The summed E-state index contributed by atoms with van der Waals surface area (Å²) in [6.07, 6.45) is 0. The van der Waals surface area contributed by atoms with Crippen LogP contribution in [0.2, 0.25) is 0 Å². The second kappa shape index (κ2) is 3.61. The van der Waals surface area contributed by atoms with Crippen molar-refractivity contribution in [2.75, 3.05) is 0 Å². The first-order valence-corrected chi connectivity index (χ1v) is 5.79. The van der Waals surface area contributed by atoms with E-state index < -0.39 is 0 Å². The number of aliphatic hydroxyl groups excluding tert-OH is 1. The Bertz CT molecular complexity index is 450. The Balaban J connectivity index is 2.78. The molecule has 4 heteroatoms. The maximum absolute atomic E-state index is 9.03. The molecule has 1 aromatic carbocycles. The zero-order chi connectivity index (χ0) is 9.42. The largest absolute Gasteiger partial charge is 0.392 e. The minimum Gasteiger partial charge on any atom is -0.392 e. The van der Waals surface area contributed by atoms with Crippen LogP contribution in [-0.4, -0.2) is 5.11 Å². The Kier molecular flexibility index (Phi) is 2.65. The summed E-state index contributed by atoms with van der Waals surface area (Å²) in [4.78, 5) is 0.877. The molecule has 1 heterocycles. The van der Waals surface area contributed by atoms with E-state index in [2.05, 4.69) is 28.6 Å². The van der Waals surface area contributed by atoms with Crippen molar-refractivity contribution in [3.8, 4) is 0 Å². The Morgan fingerprint density at radius 1 is 1.46 bits per heavy atom. The summed E-state index contributed by atoms with van der Waals surface area (Å²) in [5.41, 5.74) is 0.876. The molecule has 2 rings (SSSR count). The molecule has 0 radical (unpaired) electrons. The van der Waals surface area contributed by atoms with Crippen molar-refractivity contribution in [2.24, 2.45) is 0 Å². The number of hydrogen-bond donors (Lipinski definition) is 2. The highest BCUT2D eigenvalue weighted by Crippen LogP contribution is 2.34. The van der Waals surface area contributed by atoms with Gasteiger partial charge in [0.05, 0.1) is 10.4 Å². The van der Waals surface area contributed by atoms with Gasteiger partial charge in [0.2, 0.25) is 0 Å². The number of thiol groups is 1. The van der Waals surface area contributed by atoms with Crippen molar-refractivity contribution >= 4 is 50.0 Å². The smallest absolute Gasteiger partial charge is 0.0711 e. The van der Waals surface area contributed by atoms with Gasteiger partial charge in [-0.2, -0.15) is 0 Å². The lowest BCUT2D eigenvalue weighted by atomic mass is 10.2. The molecule has 0 aliphatic heterocycles. The van der Waals surface area contributed by atoms with Gasteiger partial charge >= 0.3 is 0 Å². The molecule has 68 valence electrons. The molecule has 0 spiro atoms. The molecular weight excluding hydrogens is 268 g/mol. The van der Waals surface area contributed by atoms with E-state index in [0.29, 0.717) is 0 Å². The van der Waals surface area contributed by atoms with Gasteiger partial charge < -0.3 is 5.11 Å². The molecule has 0 bridgehead atoms. The zero-order valence-electron chi connectivity index (χ0n) is 6.62. The maximum atomic E-state index is 9.03. The topological polar surface area (TPSA) is 20.2 Å². The van der Waals surface area contributed by atoms with Gasteiger partial charge in [-0.25, -0.2) is 0 Å². The lowest BCUT2D eigenvalue weighted by Gasteiger charge is -2.01. The van der Waals surface area contributed by atoms with E-state index in [1.807, 2.05) is 18.2 Å². The predicted octanol–water partition coefficient (Wildman–Crippen LogP) is 3.44. The van der Waals surface area contributed by atoms with E-state index in [0.717, 1.165) is 19.6 Å². The number of fused-ring (bicyclic) bond motifs is 1.